The largest absolute Gasteiger partial charge is 0.341 e. The predicted molar refractivity (Wildman–Crippen MR) is 77.7 cm³/mol. The molecule has 4 atom stereocenters. The summed E-state index contributed by atoms with van der Waals surface area (Å²) >= 11 is 0. The van der Waals surface area contributed by atoms with Gasteiger partial charge in [0.05, 0.1) is 6.54 Å². The number of hydrogen-bond donors (Lipinski definition) is 1. The maximum absolute atomic E-state index is 12.4. The standard InChI is InChI=1S/C15H29N3O/c1-11-6-12(2)8-18(7-11)15(19)10-17-5-4-13(3)14(16)9-17/h11-14H,4-10,16H2,1-3H3. The van der Waals surface area contributed by atoms with Gasteiger partial charge in [0.2, 0.25) is 5.91 Å². The molecule has 4 unspecified atom stereocenters. The number of hydrogen-bond acceptors (Lipinski definition) is 3. The number of nitrogens with two attached hydrogens (primary N) is 1. The van der Waals surface area contributed by atoms with Gasteiger partial charge in [-0.05, 0) is 37.1 Å². The number of carbonyl (C=O) groups excluding carboxylic acids is 1. The van der Waals surface area contributed by atoms with Crippen molar-refractivity contribution in [2.24, 2.45) is 23.5 Å². The lowest BCUT2D eigenvalue weighted by molar-refractivity contribution is -0.135. The molecule has 110 valence electrons. The number of carbonyl (C=O) groups is 1. The van der Waals surface area contributed by atoms with Crippen molar-refractivity contribution in [1.82, 2.24) is 9.80 Å². The summed E-state index contributed by atoms with van der Waals surface area (Å²) in [6, 6.07) is 0.223. The van der Waals surface area contributed by atoms with Crippen LogP contribution in [0.4, 0.5) is 0 Å². The van der Waals surface area contributed by atoms with E-state index >= 15 is 0 Å². The molecule has 0 aliphatic carbocycles. The Morgan fingerprint density at radius 1 is 1.16 bits per heavy atom. The summed E-state index contributed by atoms with van der Waals surface area (Å²) in [5.74, 6) is 2.15. The van der Waals surface area contributed by atoms with Gasteiger partial charge in [0.25, 0.3) is 0 Å². The molecule has 2 aliphatic heterocycles. The van der Waals surface area contributed by atoms with E-state index in [1.54, 1.807) is 0 Å². The van der Waals surface area contributed by atoms with E-state index in [0.29, 0.717) is 30.2 Å². The van der Waals surface area contributed by atoms with E-state index < -0.39 is 0 Å². The molecule has 2 saturated heterocycles. The van der Waals surface area contributed by atoms with Crippen molar-refractivity contribution < 1.29 is 4.79 Å². The third kappa shape index (κ3) is 3.93. The molecule has 2 rings (SSSR count). The summed E-state index contributed by atoms with van der Waals surface area (Å²) in [5, 5.41) is 0. The summed E-state index contributed by atoms with van der Waals surface area (Å²) in [6.45, 7) is 11.0. The van der Waals surface area contributed by atoms with E-state index in [9.17, 15) is 4.79 Å². The van der Waals surface area contributed by atoms with Gasteiger partial charge in [0, 0.05) is 25.7 Å². The number of piperidine rings is 2. The first-order valence-electron chi connectivity index (χ1n) is 7.71. The maximum atomic E-state index is 12.4. The molecule has 2 aliphatic rings. The van der Waals surface area contributed by atoms with Crippen LogP contribution in [0.5, 0.6) is 0 Å². The average Bonchev–Trinajstić information content (AvgIpc) is 2.32. The van der Waals surface area contributed by atoms with E-state index in [-0.39, 0.29) is 6.04 Å². The van der Waals surface area contributed by atoms with Crippen LogP contribution in [0.25, 0.3) is 0 Å². The van der Waals surface area contributed by atoms with E-state index in [0.717, 1.165) is 32.6 Å². The number of nitrogens with zero attached hydrogens (tertiary/aromatic N) is 2. The van der Waals surface area contributed by atoms with Gasteiger partial charge in [-0.15, -0.1) is 0 Å². The fraction of sp³-hybridized carbons (Fsp3) is 0.933. The van der Waals surface area contributed by atoms with Crippen LogP contribution >= 0.6 is 0 Å². The molecule has 2 fully saturated rings. The lowest BCUT2D eigenvalue weighted by Gasteiger charge is -2.38. The first-order valence-corrected chi connectivity index (χ1v) is 7.71. The minimum atomic E-state index is 0.223. The molecule has 0 radical (unpaired) electrons. The SMILES string of the molecule is CC1CC(C)CN(C(=O)CN2CCC(C)C(N)C2)C1. The molecule has 0 saturated carbocycles. The highest BCUT2D eigenvalue weighted by Crippen LogP contribution is 2.21. The van der Waals surface area contributed by atoms with Gasteiger partial charge in [-0.25, -0.2) is 0 Å². The highest BCUT2D eigenvalue weighted by atomic mass is 16.2. The zero-order valence-electron chi connectivity index (χ0n) is 12.6. The Labute approximate surface area is 117 Å². The van der Waals surface area contributed by atoms with Crippen LogP contribution in [0.2, 0.25) is 0 Å². The minimum absolute atomic E-state index is 0.223. The minimum Gasteiger partial charge on any atom is -0.341 e. The van der Waals surface area contributed by atoms with Crippen molar-refractivity contribution in [3.05, 3.63) is 0 Å². The Kier molecular flexibility index (Phi) is 4.85. The molecular formula is C15H29N3O. The molecule has 1 amide bonds. The van der Waals surface area contributed by atoms with Crippen LogP contribution in [0, 0.1) is 17.8 Å². The molecule has 4 heteroatoms. The van der Waals surface area contributed by atoms with E-state index in [4.69, 9.17) is 5.73 Å². The quantitative estimate of drug-likeness (QED) is 0.817. The smallest absolute Gasteiger partial charge is 0.236 e. The van der Waals surface area contributed by atoms with Gasteiger partial charge >= 0.3 is 0 Å². The van der Waals surface area contributed by atoms with Gasteiger partial charge < -0.3 is 10.6 Å². The number of rotatable bonds is 2. The van der Waals surface area contributed by atoms with Crippen molar-refractivity contribution in [3.8, 4) is 0 Å². The van der Waals surface area contributed by atoms with Crippen LogP contribution in [0.15, 0.2) is 0 Å². The first kappa shape index (κ1) is 14.8. The summed E-state index contributed by atoms with van der Waals surface area (Å²) in [5.41, 5.74) is 6.10. The predicted octanol–water partition coefficient (Wildman–Crippen LogP) is 1.16. The molecule has 0 aromatic heterocycles. The van der Waals surface area contributed by atoms with Crippen LogP contribution in [0.3, 0.4) is 0 Å². The highest BCUT2D eigenvalue weighted by Gasteiger charge is 2.29. The van der Waals surface area contributed by atoms with Crippen molar-refractivity contribution in [1.29, 1.82) is 0 Å². The topological polar surface area (TPSA) is 49.6 Å². The van der Waals surface area contributed by atoms with Crippen LogP contribution in [-0.2, 0) is 4.79 Å². The van der Waals surface area contributed by atoms with Gasteiger partial charge in [0.15, 0.2) is 0 Å². The lowest BCUT2D eigenvalue weighted by Crippen LogP contribution is -2.52. The summed E-state index contributed by atoms with van der Waals surface area (Å²) < 4.78 is 0. The van der Waals surface area contributed by atoms with Gasteiger partial charge in [-0.3, -0.25) is 9.69 Å². The van der Waals surface area contributed by atoms with Gasteiger partial charge in [-0.2, -0.15) is 0 Å². The highest BCUT2D eigenvalue weighted by molar-refractivity contribution is 5.78. The Balaban J connectivity index is 1.83. The Bertz CT molecular complexity index is 311. The third-order valence-electron chi connectivity index (χ3n) is 4.68. The van der Waals surface area contributed by atoms with E-state index in [1.165, 1.54) is 6.42 Å². The zero-order chi connectivity index (χ0) is 14.0. The molecule has 2 heterocycles. The lowest BCUT2D eigenvalue weighted by atomic mass is 9.91. The second kappa shape index (κ2) is 6.23. The van der Waals surface area contributed by atoms with Crippen molar-refractivity contribution >= 4 is 5.91 Å². The summed E-state index contributed by atoms with van der Waals surface area (Å²) in [4.78, 5) is 16.7. The second-order valence-corrected chi connectivity index (χ2v) is 6.91. The third-order valence-corrected chi connectivity index (χ3v) is 4.68. The van der Waals surface area contributed by atoms with Crippen molar-refractivity contribution in [3.63, 3.8) is 0 Å². The molecule has 0 bridgehead atoms. The Morgan fingerprint density at radius 3 is 2.37 bits per heavy atom. The van der Waals surface area contributed by atoms with Crippen molar-refractivity contribution in [2.75, 3.05) is 32.7 Å². The number of likely N-dealkylation sites (tertiary alicyclic amines) is 2. The number of amides is 1. The molecule has 2 N–H and O–H groups in total. The maximum Gasteiger partial charge on any atom is 0.236 e. The molecule has 0 spiro atoms. The summed E-state index contributed by atoms with van der Waals surface area (Å²) in [7, 11) is 0. The van der Waals surface area contributed by atoms with Crippen LogP contribution in [-0.4, -0.2) is 54.5 Å². The van der Waals surface area contributed by atoms with Crippen LogP contribution < -0.4 is 5.73 Å². The monoisotopic (exact) mass is 267 g/mol. The molecule has 4 nitrogen and oxygen atoms in total. The van der Waals surface area contributed by atoms with Crippen LogP contribution in [0.1, 0.15) is 33.6 Å². The second-order valence-electron chi connectivity index (χ2n) is 6.91. The molecule has 0 aromatic rings. The summed E-state index contributed by atoms with van der Waals surface area (Å²) in [6.07, 6.45) is 2.36. The van der Waals surface area contributed by atoms with Crippen molar-refractivity contribution in [2.45, 2.75) is 39.7 Å². The first-order chi connectivity index (χ1) is 8.95. The molecule has 19 heavy (non-hydrogen) atoms. The zero-order valence-corrected chi connectivity index (χ0v) is 12.6. The Morgan fingerprint density at radius 2 is 1.79 bits per heavy atom. The Hall–Kier alpha value is -0.610. The molecular weight excluding hydrogens is 238 g/mol. The fourth-order valence-corrected chi connectivity index (χ4v) is 3.47. The van der Waals surface area contributed by atoms with Gasteiger partial charge in [0.1, 0.15) is 0 Å². The fourth-order valence-electron chi connectivity index (χ4n) is 3.47. The van der Waals surface area contributed by atoms with E-state index in [1.807, 2.05) is 0 Å². The normalized spacial score (nSPS) is 37.4. The molecule has 0 aromatic carbocycles. The average molecular weight is 267 g/mol. The van der Waals surface area contributed by atoms with Gasteiger partial charge in [-0.1, -0.05) is 20.8 Å². The van der Waals surface area contributed by atoms with E-state index in [2.05, 4.69) is 30.6 Å².